The molecule has 0 atom stereocenters. The summed E-state index contributed by atoms with van der Waals surface area (Å²) in [5.74, 6) is -1.27. The molecule has 2 N–H and O–H groups in total. The molecule has 0 saturated carbocycles. The Labute approximate surface area is 185 Å². The van der Waals surface area contributed by atoms with Crippen molar-refractivity contribution in [2.45, 2.75) is 0 Å². The van der Waals surface area contributed by atoms with E-state index < -0.39 is 11.9 Å². The number of nitrogens with one attached hydrogen (secondary N) is 1. The SMILES string of the molecule is N#CC(=Cc1ccc(-c2cc(C(=O)O)ccc2Cl)o1)C(=O)Nc1ccc(Cl)c(Cl)c1. The van der Waals surface area contributed by atoms with E-state index in [9.17, 15) is 14.9 Å². The molecule has 30 heavy (non-hydrogen) atoms. The predicted molar refractivity (Wildman–Crippen MR) is 115 cm³/mol. The van der Waals surface area contributed by atoms with Gasteiger partial charge in [-0.15, -0.1) is 0 Å². The molecule has 1 heterocycles. The van der Waals surface area contributed by atoms with E-state index in [-0.39, 0.29) is 27.7 Å². The number of carbonyl (C=O) groups is 2. The fraction of sp³-hybridized carbons (Fsp3) is 0. The molecule has 0 aliphatic carbocycles. The first-order valence-corrected chi connectivity index (χ1v) is 9.43. The molecule has 0 fully saturated rings. The molecule has 0 bridgehead atoms. The lowest BCUT2D eigenvalue weighted by Gasteiger charge is -2.05. The second-order valence-electron chi connectivity index (χ2n) is 5.95. The Kier molecular flexibility index (Phi) is 6.48. The van der Waals surface area contributed by atoms with Crippen LogP contribution in [0.5, 0.6) is 0 Å². The van der Waals surface area contributed by atoms with Gasteiger partial charge in [0.25, 0.3) is 5.91 Å². The van der Waals surface area contributed by atoms with Gasteiger partial charge >= 0.3 is 5.97 Å². The highest BCUT2D eigenvalue weighted by Gasteiger charge is 2.15. The summed E-state index contributed by atoms with van der Waals surface area (Å²) < 4.78 is 5.63. The van der Waals surface area contributed by atoms with Crippen LogP contribution >= 0.6 is 34.8 Å². The molecule has 0 aliphatic rings. The summed E-state index contributed by atoms with van der Waals surface area (Å²) in [6.45, 7) is 0. The molecule has 150 valence electrons. The highest BCUT2D eigenvalue weighted by Crippen LogP contribution is 2.31. The number of hydrogen-bond donors (Lipinski definition) is 2. The molecule has 6 nitrogen and oxygen atoms in total. The number of nitrogens with zero attached hydrogens (tertiary/aromatic N) is 1. The number of benzene rings is 2. The normalized spacial score (nSPS) is 11.1. The maximum absolute atomic E-state index is 12.4. The number of carboxylic acid groups (broad SMARTS) is 1. The van der Waals surface area contributed by atoms with E-state index in [0.29, 0.717) is 21.3 Å². The predicted octanol–water partition coefficient (Wildman–Crippen LogP) is 6.15. The van der Waals surface area contributed by atoms with Gasteiger partial charge in [0, 0.05) is 17.3 Å². The van der Waals surface area contributed by atoms with Crippen LogP contribution in [0.25, 0.3) is 17.4 Å². The molecule has 3 rings (SSSR count). The van der Waals surface area contributed by atoms with Gasteiger partial charge in [-0.2, -0.15) is 5.26 Å². The molecular weight excluding hydrogens is 451 g/mol. The largest absolute Gasteiger partial charge is 0.478 e. The lowest BCUT2D eigenvalue weighted by molar-refractivity contribution is -0.112. The Hall–Kier alpha value is -3.24. The zero-order chi connectivity index (χ0) is 21.8. The highest BCUT2D eigenvalue weighted by atomic mass is 35.5. The van der Waals surface area contributed by atoms with Gasteiger partial charge in [-0.1, -0.05) is 34.8 Å². The van der Waals surface area contributed by atoms with Gasteiger partial charge in [-0.05, 0) is 48.5 Å². The van der Waals surface area contributed by atoms with E-state index in [0.717, 1.165) is 0 Å². The molecule has 2 aromatic carbocycles. The Bertz CT molecular complexity index is 1230. The van der Waals surface area contributed by atoms with E-state index in [1.165, 1.54) is 42.5 Å². The van der Waals surface area contributed by atoms with Crippen LogP contribution in [0, 0.1) is 11.3 Å². The smallest absolute Gasteiger partial charge is 0.335 e. The van der Waals surface area contributed by atoms with Gasteiger partial charge in [-0.3, -0.25) is 4.79 Å². The Morgan fingerprint density at radius 3 is 2.40 bits per heavy atom. The minimum atomic E-state index is -1.11. The third kappa shape index (κ3) is 4.84. The fourth-order valence-electron chi connectivity index (χ4n) is 2.49. The van der Waals surface area contributed by atoms with Crippen LogP contribution in [0.4, 0.5) is 5.69 Å². The summed E-state index contributed by atoms with van der Waals surface area (Å²) in [6.07, 6.45) is 1.26. The standard InChI is InChI=1S/C21H11Cl3N2O4/c22-16-4-1-11(21(28)29)8-15(16)19-6-3-14(30-19)7-12(10-25)20(27)26-13-2-5-17(23)18(24)9-13/h1-9H,(H,26,27)(H,28,29). The average molecular weight is 462 g/mol. The highest BCUT2D eigenvalue weighted by molar-refractivity contribution is 6.42. The third-order valence-electron chi connectivity index (χ3n) is 3.93. The molecule has 0 aliphatic heterocycles. The van der Waals surface area contributed by atoms with Crippen LogP contribution in [-0.4, -0.2) is 17.0 Å². The van der Waals surface area contributed by atoms with Crippen LogP contribution in [0.1, 0.15) is 16.1 Å². The first-order chi connectivity index (χ1) is 14.3. The zero-order valence-corrected chi connectivity index (χ0v) is 17.2. The van der Waals surface area contributed by atoms with Crippen molar-refractivity contribution in [2.75, 3.05) is 5.32 Å². The van der Waals surface area contributed by atoms with E-state index >= 15 is 0 Å². The summed E-state index contributed by atoms with van der Waals surface area (Å²) in [4.78, 5) is 23.6. The summed E-state index contributed by atoms with van der Waals surface area (Å²) in [5.41, 5.74) is 0.567. The average Bonchev–Trinajstić information content (AvgIpc) is 3.17. The van der Waals surface area contributed by atoms with Gasteiger partial charge in [-0.25, -0.2) is 4.79 Å². The first-order valence-electron chi connectivity index (χ1n) is 8.29. The monoisotopic (exact) mass is 460 g/mol. The molecule has 1 aromatic heterocycles. The quantitative estimate of drug-likeness (QED) is 0.350. The van der Waals surface area contributed by atoms with Gasteiger partial charge in [0.15, 0.2) is 0 Å². The Morgan fingerprint density at radius 2 is 1.73 bits per heavy atom. The van der Waals surface area contributed by atoms with Crippen molar-refractivity contribution in [1.29, 1.82) is 5.26 Å². The van der Waals surface area contributed by atoms with Crippen molar-refractivity contribution in [3.05, 3.63) is 80.5 Å². The summed E-state index contributed by atoms with van der Waals surface area (Å²) in [6, 6.07) is 13.6. The Morgan fingerprint density at radius 1 is 1.00 bits per heavy atom. The second-order valence-corrected chi connectivity index (χ2v) is 7.18. The van der Waals surface area contributed by atoms with Crippen LogP contribution in [-0.2, 0) is 4.79 Å². The van der Waals surface area contributed by atoms with Gasteiger partial charge < -0.3 is 14.8 Å². The molecule has 0 radical (unpaired) electrons. The molecule has 3 aromatic rings. The van der Waals surface area contributed by atoms with Crippen molar-refractivity contribution >= 4 is 58.4 Å². The first kappa shape index (κ1) is 21.5. The molecule has 0 unspecified atom stereocenters. The summed E-state index contributed by atoms with van der Waals surface area (Å²) in [7, 11) is 0. The molecule has 1 amide bonds. The van der Waals surface area contributed by atoms with Crippen molar-refractivity contribution < 1.29 is 19.1 Å². The topological polar surface area (TPSA) is 103 Å². The molecular formula is C21H11Cl3N2O4. The lowest BCUT2D eigenvalue weighted by Crippen LogP contribution is -2.13. The van der Waals surface area contributed by atoms with Crippen LogP contribution in [0.2, 0.25) is 15.1 Å². The number of amides is 1. The number of furan rings is 1. The van der Waals surface area contributed by atoms with Crippen molar-refractivity contribution in [3.8, 4) is 17.4 Å². The number of carbonyl (C=O) groups excluding carboxylic acids is 1. The maximum Gasteiger partial charge on any atom is 0.335 e. The lowest BCUT2D eigenvalue weighted by atomic mass is 10.1. The van der Waals surface area contributed by atoms with Gasteiger partial charge in [0.05, 0.1) is 20.6 Å². The summed E-state index contributed by atoms with van der Waals surface area (Å²) >= 11 is 17.9. The zero-order valence-electron chi connectivity index (χ0n) is 14.9. The molecule has 0 saturated heterocycles. The van der Waals surface area contributed by atoms with Crippen molar-refractivity contribution in [1.82, 2.24) is 0 Å². The molecule has 9 heteroatoms. The van der Waals surface area contributed by atoms with E-state index in [1.807, 2.05) is 6.07 Å². The second kappa shape index (κ2) is 9.06. The third-order valence-corrected chi connectivity index (χ3v) is 5.00. The van der Waals surface area contributed by atoms with Crippen molar-refractivity contribution in [2.24, 2.45) is 0 Å². The van der Waals surface area contributed by atoms with Crippen molar-refractivity contribution in [3.63, 3.8) is 0 Å². The van der Waals surface area contributed by atoms with E-state index in [1.54, 1.807) is 12.1 Å². The fourth-order valence-corrected chi connectivity index (χ4v) is 2.99. The Balaban J connectivity index is 1.86. The summed E-state index contributed by atoms with van der Waals surface area (Å²) in [5, 5.41) is 21.9. The van der Waals surface area contributed by atoms with Gasteiger partial charge in [0.2, 0.25) is 0 Å². The van der Waals surface area contributed by atoms with Crippen LogP contribution < -0.4 is 5.32 Å². The number of anilines is 1. The van der Waals surface area contributed by atoms with Crippen LogP contribution in [0.15, 0.2) is 58.5 Å². The number of carboxylic acids is 1. The number of rotatable bonds is 5. The minimum Gasteiger partial charge on any atom is -0.478 e. The van der Waals surface area contributed by atoms with E-state index in [2.05, 4.69) is 5.32 Å². The number of halogens is 3. The number of nitriles is 1. The van der Waals surface area contributed by atoms with E-state index in [4.69, 9.17) is 44.3 Å². The number of aromatic carboxylic acids is 1. The van der Waals surface area contributed by atoms with Crippen LogP contribution in [0.3, 0.4) is 0 Å². The van der Waals surface area contributed by atoms with Gasteiger partial charge in [0.1, 0.15) is 23.2 Å². The maximum atomic E-state index is 12.4. The number of hydrogen-bond acceptors (Lipinski definition) is 4. The minimum absolute atomic E-state index is 0.0432. The molecule has 0 spiro atoms.